The fraction of sp³-hybridized carbons (Fsp3) is 0.0588. The van der Waals surface area contributed by atoms with Crippen molar-refractivity contribution in [3.8, 4) is 11.3 Å². The predicted molar refractivity (Wildman–Crippen MR) is 97.6 cm³/mol. The maximum atomic E-state index is 4.54. The lowest BCUT2D eigenvalue weighted by Gasteiger charge is -1.97. The van der Waals surface area contributed by atoms with Gasteiger partial charge < -0.3 is 0 Å². The van der Waals surface area contributed by atoms with Crippen molar-refractivity contribution in [1.82, 2.24) is 4.98 Å². The average Bonchev–Trinajstić information content (AvgIpc) is 2.97. The molecule has 3 rings (SSSR count). The van der Waals surface area contributed by atoms with Gasteiger partial charge in [-0.25, -0.2) is 4.98 Å². The largest absolute Gasteiger partial charge is 0.253 e. The minimum absolute atomic E-state index is 0.779. The van der Waals surface area contributed by atoms with Crippen LogP contribution in [0.5, 0.6) is 0 Å². The van der Waals surface area contributed by atoms with E-state index in [1.54, 1.807) is 17.6 Å². The number of thiazole rings is 1. The number of nitrogens with zero attached hydrogens (tertiary/aromatic N) is 2. The molecule has 0 spiro atoms. The summed E-state index contributed by atoms with van der Waals surface area (Å²) in [6.07, 6.45) is 1.78. The van der Waals surface area contributed by atoms with Gasteiger partial charge in [0.2, 0.25) is 5.13 Å². The maximum Gasteiger partial charge on any atom is 0.203 e. The molecule has 3 aromatic rings. The summed E-state index contributed by atoms with van der Waals surface area (Å²) in [7, 11) is 0. The van der Waals surface area contributed by atoms with Crippen molar-refractivity contribution in [3.05, 3.63) is 69.5 Å². The molecule has 0 radical (unpaired) electrons. The average molecular weight is 372 g/mol. The molecule has 1 heterocycles. The van der Waals surface area contributed by atoms with Crippen LogP contribution in [0, 0.1) is 6.92 Å². The smallest absolute Gasteiger partial charge is 0.203 e. The zero-order valence-electron chi connectivity index (χ0n) is 12.0. The van der Waals surface area contributed by atoms with Gasteiger partial charge in [-0.05, 0) is 24.6 Å². The predicted octanol–water partition coefficient (Wildman–Crippen LogP) is 5.33. The summed E-state index contributed by atoms with van der Waals surface area (Å²) < 4.78 is 1.03. The Kier molecular flexibility index (Phi) is 4.65. The molecular formula is C17H14BrN3S. The van der Waals surface area contributed by atoms with E-state index in [1.165, 1.54) is 5.56 Å². The van der Waals surface area contributed by atoms with Gasteiger partial charge in [-0.3, -0.25) is 5.43 Å². The number of hydrogen-bond acceptors (Lipinski definition) is 4. The highest BCUT2D eigenvalue weighted by molar-refractivity contribution is 9.10. The van der Waals surface area contributed by atoms with Gasteiger partial charge in [0, 0.05) is 15.4 Å². The summed E-state index contributed by atoms with van der Waals surface area (Å²) in [6, 6.07) is 16.3. The summed E-state index contributed by atoms with van der Waals surface area (Å²) in [6.45, 7) is 2.08. The molecule has 0 aliphatic carbocycles. The lowest BCUT2D eigenvalue weighted by molar-refractivity contribution is 1.29. The number of hydrogen-bond donors (Lipinski definition) is 1. The summed E-state index contributed by atoms with van der Waals surface area (Å²) in [5.74, 6) is 0. The summed E-state index contributed by atoms with van der Waals surface area (Å²) in [4.78, 5) is 4.54. The molecule has 110 valence electrons. The topological polar surface area (TPSA) is 37.3 Å². The quantitative estimate of drug-likeness (QED) is 0.497. The van der Waals surface area contributed by atoms with Crippen LogP contribution >= 0.6 is 27.3 Å². The van der Waals surface area contributed by atoms with E-state index in [2.05, 4.69) is 62.6 Å². The first kappa shape index (κ1) is 14.9. The van der Waals surface area contributed by atoms with Gasteiger partial charge >= 0.3 is 0 Å². The Balaban J connectivity index is 1.68. The van der Waals surface area contributed by atoms with Crippen molar-refractivity contribution in [1.29, 1.82) is 0 Å². The molecule has 1 aromatic heterocycles. The molecule has 22 heavy (non-hydrogen) atoms. The number of aryl methyl sites for hydroxylation is 1. The normalized spacial score (nSPS) is 11.0. The van der Waals surface area contributed by atoms with Crippen LogP contribution in [-0.4, -0.2) is 11.2 Å². The van der Waals surface area contributed by atoms with Crippen molar-refractivity contribution in [2.75, 3.05) is 5.43 Å². The van der Waals surface area contributed by atoms with Crippen molar-refractivity contribution in [3.63, 3.8) is 0 Å². The monoisotopic (exact) mass is 371 g/mol. The van der Waals surface area contributed by atoms with Crippen LogP contribution in [0.15, 0.2) is 63.5 Å². The number of benzene rings is 2. The zero-order valence-corrected chi connectivity index (χ0v) is 14.4. The highest BCUT2D eigenvalue weighted by Crippen LogP contribution is 2.25. The number of anilines is 1. The molecule has 0 fully saturated rings. The second-order valence-corrected chi connectivity index (χ2v) is 6.60. The van der Waals surface area contributed by atoms with Crippen molar-refractivity contribution in [2.24, 2.45) is 5.10 Å². The molecule has 3 nitrogen and oxygen atoms in total. The van der Waals surface area contributed by atoms with Gasteiger partial charge in [-0.1, -0.05) is 57.9 Å². The fourth-order valence-corrected chi connectivity index (χ4v) is 3.02. The van der Waals surface area contributed by atoms with Crippen molar-refractivity contribution in [2.45, 2.75) is 6.92 Å². The lowest BCUT2D eigenvalue weighted by Crippen LogP contribution is -1.90. The molecule has 0 saturated carbocycles. The molecule has 1 N–H and O–H groups in total. The van der Waals surface area contributed by atoms with Gasteiger partial charge in [0.25, 0.3) is 0 Å². The Hall–Kier alpha value is -1.98. The SMILES string of the molecule is Cc1ccc(-c2csc(N/N=C\c3cccc(Br)c3)n2)cc1. The third kappa shape index (κ3) is 3.81. The Labute approximate surface area is 141 Å². The molecule has 0 amide bonds. The Morgan fingerprint density at radius 1 is 1.18 bits per heavy atom. The second kappa shape index (κ2) is 6.85. The molecule has 0 saturated heterocycles. The van der Waals surface area contributed by atoms with E-state index in [4.69, 9.17) is 0 Å². The first-order valence-corrected chi connectivity index (χ1v) is 8.45. The Morgan fingerprint density at radius 3 is 2.77 bits per heavy atom. The van der Waals surface area contributed by atoms with Crippen LogP contribution in [-0.2, 0) is 0 Å². The van der Waals surface area contributed by atoms with Crippen LogP contribution in [0.3, 0.4) is 0 Å². The summed E-state index contributed by atoms with van der Waals surface area (Å²) >= 11 is 4.98. The van der Waals surface area contributed by atoms with E-state index in [0.29, 0.717) is 0 Å². The molecule has 0 unspecified atom stereocenters. The molecule has 0 aliphatic heterocycles. The van der Waals surface area contributed by atoms with Crippen LogP contribution in [0.2, 0.25) is 0 Å². The standard InChI is InChI=1S/C17H14BrN3S/c1-12-5-7-14(8-6-12)16-11-22-17(20-16)21-19-10-13-3-2-4-15(18)9-13/h2-11H,1H3,(H,20,21)/b19-10-. The number of aromatic nitrogens is 1. The Bertz CT molecular complexity index is 794. The van der Waals surface area contributed by atoms with Crippen LogP contribution < -0.4 is 5.43 Å². The Morgan fingerprint density at radius 2 is 2.00 bits per heavy atom. The van der Waals surface area contributed by atoms with E-state index < -0.39 is 0 Å². The number of rotatable bonds is 4. The minimum Gasteiger partial charge on any atom is -0.253 e. The highest BCUT2D eigenvalue weighted by Gasteiger charge is 2.03. The molecule has 5 heteroatoms. The summed E-state index contributed by atoms with van der Waals surface area (Å²) in [5.41, 5.74) is 7.33. The third-order valence-electron chi connectivity index (χ3n) is 3.07. The van der Waals surface area contributed by atoms with E-state index in [9.17, 15) is 0 Å². The van der Waals surface area contributed by atoms with Gasteiger partial charge in [-0.2, -0.15) is 5.10 Å². The van der Waals surface area contributed by atoms with E-state index in [0.717, 1.165) is 26.4 Å². The van der Waals surface area contributed by atoms with Gasteiger partial charge in [0.1, 0.15) is 0 Å². The molecular weight excluding hydrogens is 358 g/mol. The van der Waals surface area contributed by atoms with E-state index in [1.807, 2.05) is 29.6 Å². The van der Waals surface area contributed by atoms with Crippen molar-refractivity contribution < 1.29 is 0 Å². The highest BCUT2D eigenvalue weighted by atomic mass is 79.9. The number of hydrazone groups is 1. The fourth-order valence-electron chi connectivity index (χ4n) is 1.93. The zero-order chi connectivity index (χ0) is 15.4. The first-order valence-electron chi connectivity index (χ1n) is 6.78. The van der Waals surface area contributed by atoms with E-state index in [-0.39, 0.29) is 0 Å². The molecule has 0 bridgehead atoms. The van der Waals surface area contributed by atoms with E-state index >= 15 is 0 Å². The minimum atomic E-state index is 0.779. The maximum absolute atomic E-state index is 4.54. The number of nitrogens with one attached hydrogen (secondary N) is 1. The van der Waals surface area contributed by atoms with Crippen LogP contribution in [0.4, 0.5) is 5.13 Å². The first-order chi connectivity index (χ1) is 10.7. The molecule has 2 aromatic carbocycles. The second-order valence-electron chi connectivity index (χ2n) is 4.83. The third-order valence-corrected chi connectivity index (χ3v) is 4.31. The van der Waals surface area contributed by atoms with Gasteiger partial charge in [0.15, 0.2) is 0 Å². The van der Waals surface area contributed by atoms with Crippen molar-refractivity contribution >= 4 is 38.6 Å². The summed E-state index contributed by atoms with van der Waals surface area (Å²) in [5, 5.41) is 7.04. The van der Waals surface area contributed by atoms with Crippen LogP contribution in [0.1, 0.15) is 11.1 Å². The van der Waals surface area contributed by atoms with Crippen LogP contribution in [0.25, 0.3) is 11.3 Å². The number of halogens is 1. The molecule has 0 atom stereocenters. The van der Waals surface area contributed by atoms with Gasteiger partial charge in [0.05, 0.1) is 11.9 Å². The molecule has 0 aliphatic rings. The van der Waals surface area contributed by atoms with Gasteiger partial charge in [-0.15, -0.1) is 11.3 Å². The lowest BCUT2D eigenvalue weighted by atomic mass is 10.1.